The van der Waals surface area contributed by atoms with E-state index >= 15 is 0 Å². The number of primary amides is 1. The van der Waals surface area contributed by atoms with Gasteiger partial charge in [0.1, 0.15) is 6.04 Å². The normalized spacial score (nSPS) is 19.5. The van der Waals surface area contributed by atoms with Crippen molar-refractivity contribution in [2.45, 2.75) is 13.0 Å². The number of hydrogen-bond acceptors (Lipinski definition) is 4. The van der Waals surface area contributed by atoms with E-state index in [2.05, 4.69) is 5.32 Å². The summed E-state index contributed by atoms with van der Waals surface area (Å²) in [6.45, 7) is 2.89. The van der Waals surface area contributed by atoms with E-state index in [4.69, 9.17) is 11.5 Å². The summed E-state index contributed by atoms with van der Waals surface area (Å²) >= 11 is 0. The monoisotopic (exact) mass is 248 g/mol. The molecular weight excluding hydrogens is 232 g/mol. The lowest BCUT2D eigenvalue weighted by molar-refractivity contribution is -0.122. The molecule has 0 aromatic heterocycles. The molecule has 1 heterocycles. The molecule has 5 N–H and O–H groups in total. The topological polar surface area (TPSA) is 101 Å². The van der Waals surface area contributed by atoms with Crippen LogP contribution in [-0.4, -0.2) is 30.9 Å². The summed E-state index contributed by atoms with van der Waals surface area (Å²) in [5.41, 5.74) is 12.6. The molecule has 1 aliphatic rings. The largest absolute Gasteiger partial charge is 0.397 e. The molecule has 0 aliphatic carbocycles. The molecule has 1 aliphatic heterocycles. The number of piperazine rings is 1. The molecule has 6 heteroatoms. The van der Waals surface area contributed by atoms with Gasteiger partial charge in [0.25, 0.3) is 5.91 Å². The molecule has 6 nitrogen and oxygen atoms in total. The standard InChI is InChI=1S/C12H16N4O2/c1-7-12(18)15-5-6-16(7)10-8(11(14)17)3-2-4-9(10)13/h2-4,7H,5-6,13H2,1H3,(H2,14,17)(H,15,18). The molecule has 1 atom stereocenters. The number of nitrogens with zero attached hydrogens (tertiary/aromatic N) is 1. The molecule has 96 valence electrons. The number of nitrogen functional groups attached to an aromatic ring is 1. The highest BCUT2D eigenvalue weighted by molar-refractivity contribution is 6.02. The summed E-state index contributed by atoms with van der Waals surface area (Å²) in [7, 11) is 0. The van der Waals surface area contributed by atoms with Gasteiger partial charge in [-0.15, -0.1) is 0 Å². The Labute approximate surface area is 105 Å². The molecule has 1 unspecified atom stereocenters. The number of amides is 2. The minimum Gasteiger partial charge on any atom is -0.397 e. The van der Waals surface area contributed by atoms with Crippen LogP contribution in [0, 0.1) is 0 Å². The van der Waals surface area contributed by atoms with Crippen molar-refractivity contribution in [2.75, 3.05) is 23.7 Å². The van der Waals surface area contributed by atoms with E-state index in [0.29, 0.717) is 30.0 Å². The molecule has 0 saturated carbocycles. The second kappa shape index (κ2) is 4.56. The Morgan fingerprint density at radius 3 is 2.89 bits per heavy atom. The van der Waals surface area contributed by atoms with Crippen LogP contribution in [0.25, 0.3) is 0 Å². The smallest absolute Gasteiger partial charge is 0.250 e. The number of benzene rings is 1. The van der Waals surface area contributed by atoms with E-state index in [1.807, 2.05) is 4.90 Å². The van der Waals surface area contributed by atoms with Gasteiger partial charge in [0.15, 0.2) is 0 Å². The second-order valence-corrected chi connectivity index (χ2v) is 4.27. The Hall–Kier alpha value is -2.24. The zero-order valence-electron chi connectivity index (χ0n) is 10.1. The fourth-order valence-electron chi connectivity index (χ4n) is 2.17. The van der Waals surface area contributed by atoms with Gasteiger partial charge in [0.05, 0.1) is 16.9 Å². The van der Waals surface area contributed by atoms with E-state index in [0.717, 1.165) is 0 Å². The average Bonchev–Trinajstić information content (AvgIpc) is 2.33. The molecule has 0 spiro atoms. The fourth-order valence-corrected chi connectivity index (χ4v) is 2.17. The number of hydrogen-bond donors (Lipinski definition) is 3. The maximum Gasteiger partial charge on any atom is 0.250 e. The number of carbonyl (C=O) groups is 2. The summed E-state index contributed by atoms with van der Waals surface area (Å²) in [5.74, 6) is -0.629. The summed E-state index contributed by atoms with van der Waals surface area (Å²) in [4.78, 5) is 24.9. The van der Waals surface area contributed by atoms with Crippen LogP contribution >= 0.6 is 0 Å². The van der Waals surface area contributed by atoms with Gasteiger partial charge < -0.3 is 21.7 Å². The lowest BCUT2D eigenvalue weighted by atomic mass is 10.1. The maximum atomic E-state index is 11.7. The lowest BCUT2D eigenvalue weighted by Gasteiger charge is -2.36. The molecule has 1 aromatic carbocycles. The Morgan fingerprint density at radius 2 is 2.22 bits per heavy atom. The highest BCUT2D eigenvalue weighted by Crippen LogP contribution is 2.30. The highest BCUT2D eigenvalue weighted by Gasteiger charge is 2.29. The van der Waals surface area contributed by atoms with Crippen LogP contribution in [0.1, 0.15) is 17.3 Å². The minimum atomic E-state index is -0.546. The highest BCUT2D eigenvalue weighted by atomic mass is 16.2. The molecule has 2 rings (SSSR count). The third-order valence-corrected chi connectivity index (χ3v) is 3.12. The van der Waals surface area contributed by atoms with Gasteiger partial charge in [-0.1, -0.05) is 6.07 Å². The Morgan fingerprint density at radius 1 is 1.50 bits per heavy atom. The summed E-state index contributed by atoms with van der Waals surface area (Å²) in [5, 5.41) is 2.76. The van der Waals surface area contributed by atoms with Gasteiger partial charge in [-0.3, -0.25) is 9.59 Å². The first kappa shape index (κ1) is 12.2. The molecule has 1 saturated heterocycles. The third-order valence-electron chi connectivity index (χ3n) is 3.12. The number of nitrogens with two attached hydrogens (primary N) is 2. The van der Waals surface area contributed by atoms with Crippen molar-refractivity contribution in [3.05, 3.63) is 23.8 Å². The molecule has 18 heavy (non-hydrogen) atoms. The van der Waals surface area contributed by atoms with Crippen molar-refractivity contribution in [1.29, 1.82) is 0 Å². The first-order valence-corrected chi connectivity index (χ1v) is 5.75. The quantitative estimate of drug-likeness (QED) is 0.625. The SMILES string of the molecule is CC1C(=O)NCCN1c1c(N)cccc1C(N)=O. The molecule has 0 radical (unpaired) electrons. The molecule has 1 fully saturated rings. The van der Waals surface area contributed by atoms with Crippen molar-refractivity contribution >= 4 is 23.2 Å². The minimum absolute atomic E-state index is 0.0834. The fraction of sp³-hybridized carbons (Fsp3) is 0.333. The zero-order valence-corrected chi connectivity index (χ0v) is 10.1. The molecule has 1 aromatic rings. The van der Waals surface area contributed by atoms with Gasteiger partial charge >= 0.3 is 0 Å². The molecular formula is C12H16N4O2. The van der Waals surface area contributed by atoms with Crippen molar-refractivity contribution in [2.24, 2.45) is 5.73 Å². The predicted octanol–water partition coefficient (Wildman–Crippen LogP) is -0.308. The number of anilines is 2. The van der Waals surface area contributed by atoms with E-state index in [1.54, 1.807) is 25.1 Å². The summed E-state index contributed by atoms with van der Waals surface area (Å²) in [6, 6.07) is 4.61. The van der Waals surface area contributed by atoms with Crippen LogP contribution in [0.2, 0.25) is 0 Å². The van der Waals surface area contributed by atoms with Crippen LogP contribution in [0.3, 0.4) is 0 Å². The van der Waals surface area contributed by atoms with Gasteiger partial charge in [-0.2, -0.15) is 0 Å². The second-order valence-electron chi connectivity index (χ2n) is 4.27. The zero-order chi connectivity index (χ0) is 13.3. The Kier molecular flexibility index (Phi) is 3.10. The van der Waals surface area contributed by atoms with Crippen molar-refractivity contribution in [3.8, 4) is 0 Å². The third kappa shape index (κ3) is 1.97. The first-order valence-electron chi connectivity index (χ1n) is 5.75. The Bertz CT molecular complexity index is 501. The average molecular weight is 248 g/mol. The maximum absolute atomic E-state index is 11.7. The lowest BCUT2D eigenvalue weighted by Crippen LogP contribution is -2.54. The van der Waals surface area contributed by atoms with Gasteiger partial charge in [0.2, 0.25) is 5.91 Å². The number of carbonyl (C=O) groups excluding carboxylic acids is 2. The van der Waals surface area contributed by atoms with Crippen LogP contribution in [0.15, 0.2) is 18.2 Å². The van der Waals surface area contributed by atoms with Crippen molar-refractivity contribution in [1.82, 2.24) is 5.32 Å². The number of para-hydroxylation sites is 1. The molecule has 2 amide bonds. The van der Waals surface area contributed by atoms with Gasteiger partial charge in [-0.05, 0) is 19.1 Å². The van der Waals surface area contributed by atoms with Crippen LogP contribution in [-0.2, 0) is 4.79 Å². The van der Waals surface area contributed by atoms with Crippen molar-refractivity contribution in [3.63, 3.8) is 0 Å². The number of rotatable bonds is 2. The van der Waals surface area contributed by atoms with E-state index in [1.165, 1.54) is 0 Å². The van der Waals surface area contributed by atoms with Crippen LogP contribution < -0.4 is 21.7 Å². The number of nitrogens with one attached hydrogen (secondary N) is 1. The van der Waals surface area contributed by atoms with Crippen LogP contribution in [0.4, 0.5) is 11.4 Å². The van der Waals surface area contributed by atoms with Crippen LogP contribution in [0.5, 0.6) is 0 Å². The van der Waals surface area contributed by atoms with Gasteiger partial charge in [-0.25, -0.2) is 0 Å². The summed E-state index contributed by atoms with van der Waals surface area (Å²) in [6.07, 6.45) is 0. The van der Waals surface area contributed by atoms with Crippen molar-refractivity contribution < 1.29 is 9.59 Å². The van der Waals surface area contributed by atoms with E-state index in [-0.39, 0.29) is 11.9 Å². The van der Waals surface area contributed by atoms with Gasteiger partial charge in [0, 0.05) is 13.1 Å². The summed E-state index contributed by atoms with van der Waals surface area (Å²) < 4.78 is 0. The van der Waals surface area contributed by atoms with E-state index in [9.17, 15) is 9.59 Å². The Balaban J connectivity index is 2.49. The first-order chi connectivity index (χ1) is 8.52. The molecule has 0 bridgehead atoms. The predicted molar refractivity (Wildman–Crippen MR) is 69.2 cm³/mol. The van der Waals surface area contributed by atoms with E-state index < -0.39 is 5.91 Å².